The topological polar surface area (TPSA) is 95.4 Å². The van der Waals surface area contributed by atoms with Crippen molar-refractivity contribution in [1.29, 1.82) is 0 Å². The molecule has 2 heterocycles. The number of para-hydroxylation sites is 1. The van der Waals surface area contributed by atoms with Gasteiger partial charge >= 0.3 is 5.97 Å². The first-order valence-electron chi connectivity index (χ1n) is 9.18. The Labute approximate surface area is 165 Å². The monoisotopic (exact) mass is 390 g/mol. The summed E-state index contributed by atoms with van der Waals surface area (Å²) in [6.07, 6.45) is 0.594. The first-order valence-corrected chi connectivity index (χ1v) is 9.18. The summed E-state index contributed by atoms with van der Waals surface area (Å²) in [4.78, 5) is 25.5. The third-order valence-electron chi connectivity index (χ3n) is 4.54. The second kappa shape index (κ2) is 7.71. The van der Waals surface area contributed by atoms with Crippen molar-refractivity contribution in [3.8, 4) is 11.3 Å². The van der Waals surface area contributed by atoms with Crippen LogP contribution in [0.3, 0.4) is 0 Å². The fraction of sp³-hybridized carbons (Fsp3) is 0.182. The summed E-state index contributed by atoms with van der Waals surface area (Å²) in [5.41, 5.74) is 1.39. The number of hydrogen-bond acceptors (Lipinski definition) is 7. The van der Waals surface area contributed by atoms with Crippen molar-refractivity contribution in [3.05, 3.63) is 81.7 Å². The summed E-state index contributed by atoms with van der Waals surface area (Å²) >= 11 is 0. The van der Waals surface area contributed by atoms with Crippen molar-refractivity contribution in [2.75, 3.05) is 0 Å². The molecule has 0 atom stereocenters. The summed E-state index contributed by atoms with van der Waals surface area (Å²) in [5, 5.41) is 7.98. The molecule has 4 rings (SSSR count). The second-order valence-corrected chi connectivity index (χ2v) is 6.45. The van der Waals surface area contributed by atoms with Gasteiger partial charge in [0.05, 0.1) is 5.39 Å². The van der Waals surface area contributed by atoms with E-state index in [1.807, 2.05) is 37.3 Å². The highest BCUT2D eigenvalue weighted by molar-refractivity contribution is 6.02. The third kappa shape index (κ3) is 3.54. The van der Waals surface area contributed by atoms with Crippen LogP contribution in [0.2, 0.25) is 0 Å². The highest BCUT2D eigenvalue weighted by Gasteiger charge is 2.20. The van der Waals surface area contributed by atoms with Crippen LogP contribution in [0.4, 0.5) is 0 Å². The summed E-state index contributed by atoms with van der Waals surface area (Å²) in [6.45, 7) is 3.43. The van der Waals surface area contributed by atoms with Crippen LogP contribution >= 0.6 is 0 Å². The smallest absolute Gasteiger partial charge is 0.342 e. The van der Waals surface area contributed by atoms with Crippen LogP contribution in [0.15, 0.2) is 62.2 Å². The molecule has 2 aromatic heterocycles. The first kappa shape index (κ1) is 18.6. The summed E-state index contributed by atoms with van der Waals surface area (Å²) in [6, 6.07) is 14.1. The molecule has 2 aromatic carbocycles. The van der Waals surface area contributed by atoms with Crippen LogP contribution in [0.5, 0.6) is 0 Å². The van der Waals surface area contributed by atoms with Gasteiger partial charge in [-0.3, -0.25) is 4.79 Å². The number of carbonyl (C=O) groups is 1. The Morgan fingerprint density at radius 3 is 2.48 bits per heavy atom. The van der Waals surface area contributed by atoms with Crippen LogP contribution in [0.25, 0.3) is 22.3 Å². The Morgan fingerprint density at radius 1 is 1.00 bits per heavy atom. The van der Waals surface area contributed by atoms with Crippen molar-refractivity contribution < 1.29 is 18.4 Å². The standard InChI is InChI=1S/C22H18N2O5/c1-3-17-23-24-18(28-17)12-27-22(26)16-11-7-10-15-19(25)13(2)20(29-21(15)16)14-8-5-4-6-9-14/h4-11H,3,12H2,1-2H3. The molecule has 4 aromatic rings. The molecule has 7 nitrogen and oxygen atoms in total. The number of benzene rings is 2. The number of rotatable bonds is 5. The van der Waals surface area contributed by atoms with Gasteiger partial charge in [-0.1, -0.05) is 43.3 Å². The number of nitrogens with zero attached hydrogens (tertiary/aromatic N) is 2. The molecule has 0 saturated carbocycles. The SMILES string of the molecule is CCc1nnc(COC(=O)c2cccc3c(=O)c(C)c(-c4ccccc4)oc23)o1. The average molecular weight is 390 g/mol. The number of hydrogen-bond donors (Lipinski definition) is 0. The minimum Gasteiger partial charge on any atom is -0.455 e. The highest BCUT2D eigenvalue weighted by Crippen LogP contribution is 2.27. The number of fused-ring (bicyclic) bond motifs is 1. The molecule has 0 N–H and O–H groups in total. The lowest BCUT2D eigenvalue weighted by Gasteiger charge is -2.10. The van der Waals surface area contributed by atoms with E-state index in [9.17, 15) is 9.59 Å². The van der Waals surface area contributed by atoms with Crippen molar-refractivity contribution in [1.82, 2.24) is 10.2 Å². The largest absolute Gasteiger partial charge is 0.455 e. The Hall–Kier alpha value is -3.74. The fourth-order valence-electron chi connectivity index (χ4n) is 3.03. The van der Waals surface area contributed by atoms with Gasteiger partial charge in [0.15, 0.2) is 17.6 Å². The van der Waals surface area contributed by atoms with Crippen LogP contribution in [0, 0.1) is 6.92 Å². The van der Waals surface area contributed by atoms with Crippen molar-refractivity contribution >= 4 is 16.9 Å². The third-order valence-corrected chi connectivity index (χ3v) is 4.54. The van der Waals surface area contributed by atoms with Gasteiger partial charge in [-0.15, -0.1) is 10.2 Å². The molecule has 0 aliphatic rings. The maximum atomic E-state index is 12.9. The number of aryl methyl sites for hydroxylation is 1. The van der Waals surface area contributed by atoms with E-state index < -0.39 is 5.97 Å². The van der Waals surface area contributed by atoms with Gasteiger partial charge in [0, 0.05) is 17.5 Å². The molecule has 0 radical (unpaired) electrons. The fourth-order valence-corrected chi connectivity index (χ4v) is 3.03. The van der Waals surface area contributed by atoms with Crippen molar-refractivity contribution in [2.24, 2.45) is 0 Å². The summed E-state index contributed by atoms with van der Waals surface area (Å²) in [5.74, 6) is 0.457. The molecule has 29 heavy (non-hydrogen) atoms. The molecule has 0 spiro atoms. The number of aromatic nitrogens is 2. The predicted molar refractivity (Wildman–Crippen MR) is 105 cm³/mol. The minimum atomic E-state index is -0.641. The zero-order valence-corrected chi connectivity index (χ0v) is 16.0. The highest BCUT2D eigenvalue weighted by atomic mass is 16.5. The summed E-state index contributed by atoms with van der Waals surface area (Å²) in [7, 11) is 0. The van der Waals surface area contributed by atoms with E-state index in [0.29, 0.717) is 29.0 Å². The molecule has 0 saturated heterocycles. The Kier molecular flexibility index (Phi) is 4.95. The lowest BCUT2D eigenvalue weighted by molar-refractivity contribution is 0.0437. The van der Waals surface area contributed by atoms with E-state index in [2.05, 4.69) is 10.2 Å². The Morgan fingerprint density at radius 2 is 1.76 bits per heavy atom. The zero-order valence-electron chi connectivity index (χ0n) is 16.0. The van der Waals surface area contributed by atoms with Gasteiger partial charge in [0.25, 0.3) is 5.89 Å². The van der Waals surface area contributed by atoms with Crippen molar-refractivity contribution in [2.45, 2.75) is 26.9 Å². The number of esters is 1. The number of ether oxygens (including phenoxy) is 1. The van der Waals surface area contributed by atoms with Crippen LogP contribution in [0.1, 0.15) is 34.6 Å². The normalized spacial score (nSPS) is 11.0. The summed E-state index contributed by atoms with van der Waals surface area (Å²) < 4.78 is 16.7. The second-order valence-electron chi connectivity index (χ2n) is 6.45. The maximum absolute atomic E-state index is 12.9. The molecule has 7 heteroatoms. The van der Waals surface area contributed by atoms with E-state index in [-0.39, 0.29) is 29.1 Å². The zero-order chi connectivity index (χ0) is 20.4. The van der Waals surface area contributed by atoms with Gasteiger partial charge in [-0.05, 0) is 19.1 Å². The molecular formula is C22H18N2O5. The maximum Gasteiger partial charge on any atom is 0.342 e. The van der Waals surface area contributed by atoms with E-state index >= 15 is 0 Å². The Bertz CT molecular complexity index is 1240. The molecule has 0 bridgehead atoms. The van der Waals surface area contributed by atoms with E-state index in [1.54, 1.807) is 25.1 Å². The van der Waals surface area contributed by atoms with Gasteiger partial charge in [-0.2, -0.15) is 0 Å². The quantitative estimate of drug-likeness (QED) is 0.474. The van der Waals surface area contributed by atoms with Gasteiger partial charge < -0.3 is 13.6 Å². The van der Waals surface area contributed by atoms with Crippen LogP contribution < -0.4 is 5.43 Å². The number of carbonyl (C=O) groups excluding carboxylic acids is 1. The average Bonchev–Trinajstić information content (AvgIpc) is 3.23. The first-order chi connectivity index (χ1) is 14.1. The van der Waals surface area contributed by atoms with Gasteiger partial charge in [0.2, 0.25) is 5.89 Å². The molecule has 0 aliphatic heterocycles. The van der Waals surface area contributed by atoms with Crippen LogP contribution in [-0.2, 0) is 17.8 Å². The molecule has 0 aliphatic carbocycles. The van der Waals surface area contributed by atoms with E-state index in [4.69, 9.17) is 13.6 Å². The molecule has 0 fully saturated rings. The van der Waals surface area contributed by atoms with Crippen molar-refractivity contribution in [3.63, 3.8) is 0 Å². The molecule has 146 valence electrons. The van der Waals surface area contributed by atoms with E-state index in [1.165, 1.54) is 0 Å². The molecule has 0 unspecified atom stereocenters. The predicted octanol–water partition coefficient (Wildman–Crippen LogP) is 4.07. The lowest BCUT2D eigenvalue weighted by Crippen LogP contribution is -2.11. The van der Waals surface area contributed by atoms with Crippen LogP contribution in [-0.4, -0.2) is 16.2 Å². The van der Waals surface area contributed by atoms with E-state index in [0.717, 1.165) is 5.56 Å². The Balaban J connectivity index is 1.73. The lowest BCUT2D eigenvalue weighted by atomic mass is 10.0. The van der Waals surface area contributed by atoms with Gasteiger partial charge in [0.1, 0.15) is 11.3 Å². The minimum absolute atomic E-state index is 0.159. The van der Waals surface area contributed by atoms with Gasteiger partial charge in [-0.25, -0.2) is 4.79 Å². The molecule has 0 amide bonds. The molecular weight excluding hydrogens is 372 g/mol.